The molecule has 11 heteroatoms. The first-order chi connectivity index (χ1) is 20.2. The van der Waals surface area contributed by atoms with E-state index >= 15 is 0 Å². The van der Waals surface area contributed by atoms with Crippen LogP contribution in [0.1, 0.15) is 89.2 Å². The van der Waals surface area contributed by atoms with E-state index < -0.39 is 57.8 Å². The molecule has 0 radical (unpaired) electrons. The van der Waals surface area contributed by atoms with Gasteiger partial charge in [-0.25, -0.2) is 0 Å². The van der Waals surface area contributed by atoms with E-state index in [9.17, 15) is 32.5 Å². The van der Waals surface area contributed by atoms with E-state index in [0.717, 1.165) is 19.3 Å². The molecule has 6 saturated carbocycles. The second-order valence-corrected chi connectivity index (χ2v) is 16.1. The van der Waals surface area contributed by atoms with E-state index in [-0.39, 0.29) is 46.2 Å². The minimum absolute atomic E-state index is 0.0759. The molecule has 234 valence electrons. The van der Waals surface area contributed by atoms with Crippen LogP contribution < -0.4 is 4.74 Å². The normalized spacial score (nSPS) is 40.6. The molecule has 9 unspecified atom stereocenters. The Kier molecular flexibility index (Phi) is 6.71. The minimum atomic E-state index is -4.49. The molecule has 10 nitrogen and oxygen atoms in total. The third-order valence-electron chi connectivity index (χ3n) is 11.5. The van der Waals surface area contributed by atoms with Gasteiger partial charge >= 0.3 is 11.9 Å². The molecule has 0 aromatic heterocycles. The maximum absolute atomic E-state index is 14.0. The van der Waals surface area contributed by atoms with Crippen molar-refractivity contribution in [2.45, 2.75) is 101 Å². The lowest BCUT2D eigenvalue weighted by molar-refractivity contribution is -0.190. The predicted octanol–water partition coefficient (Wildman–Crippen LogP) is 3.99. The highest BCUT2D eigenvalue weighted by Gasteiger charge is 2.70. The molecule has 7 fully saturated rings. The monoisotopic (exact) mass is 616 g/mol. The molecule has 8 rings (SSSR count). The number of aliphatic hydroxyl groups is 1. The maximum atomic E-state index is 14.0. The van der Waals surface area contributed by atoms with Gasteiger partial charge in [-0.2, -0.15) is 8.42 Å². The van der Waals surface area contributed by atoms with Gasteiger partial charge in [0.1, 0.15) is 23.7 Å². The van der Waals surface area contributed by atoms with Gasteiger partial charge in [0, 0.05) is 23.7 Å². The van der Waals surface area contributed by atoms with Gasteiger partial charge in [-0.3, -0.25) is 18.9 Å². The Labute approximate surface area is 251 Å². The van der Waals surface area contributed by atoms with Gasteiger partial charge in [0.15, 0.2) is 6.29 Å². The molecule has 1 aromatic rings. The van der Waals surface area contributed by atoms with Crippen LogP contribution in [0.2, 0.25) is 0 Å². The smallest absolute Gasteiger partial charge is 0.315 e. The molecular weight excluding hydrogens is 576 g/mol. The third kappa shape index (κ3) is 4.43. The molecule has 2 N–H and O–H groups in total. The van der Waals surface area contributed by atoms with Crippen LogP contribution in [0.15, 0.2) is 17.0 Å². The van der Waals surface area contributed by atoms with Crippen molar-refractivity contribution < 1.29 is 46.7 Å². The van der Waals surface area contributed by atoms with E-state index in [0.29, 0.717) is 42.1 Å². The Hall–Kier alpha value is -2.34. The standard InChI is InChI=1S/C32H40O10S/c1-13(2)19-7-18(43(37,38)39)8-20(14(3)4)26(19)40-29(34)24-22-9-21-23(24)30(35)41-27(21)28(22)42-31(36)32-10-15-5-16(11-32)25(33)17(6-15)12-32/h7-8,13-17,21-24,27-28,30,35H,5-6,9-12H2,1-4H3,(H,37,38,39). The molecule has 0 spiro atoms. The summed E-state index contributed by atoms with van der Waals surface area (Å²) in [7, 11) is -4.49. The van der Waals surface area contributed by atoms with Crippen LogP contribution in [0.3, 0.4) is 0 Å². The van der Waals surface area contributed by atoms with Crippen molar-refractivity contribution in [1.82, 2.24) is 0 Å². The Balaban J connectivity index is 1.17. The lowest BCUT2D eigenvalue weighted by Gasteiger charge is -2.54. The highest BCUT2D eigenvalue weighted by atomic mass is 32.2. The molecule has 6 bridgehead atoms. The number of fused-ring (bicyclic) bond motifs is 1. The summed E-state index contributed by atoms with van der Waals surface area (Å²) < 4.78 is 52.1. The Morgan fingerprint density at radius 1 is 0.977 bits per heavy atom. The number of rotatable bonds is 7. The second-order valence-electron chi connectivity index (χ2n) is 14.7. The quantitative estimate of drug-likeness (QED) is 0.261. The zero-order valence-corrected chi connectivity index (χ0v) is 25.7. The summed E-state index contributed by atoms with van der Waals surface area (Å²) >= 11 is 0. The highest BCUT2D eigenvalue weighted by Crippen LogP contribution is 2.63. The summed E-state index contributed by atoms with van der Waals surface area (Å²) in [5.74, 6) is -2.44. The van der Waals surface area contributed by atoms with E-state index in [1.807, 2.05) is 27.7 Å². The van der Waals surface area contributed by atoms with Crippen LogP contribution in [0, 0.1) is 46.8 Å². The average Bonchev–Trinajstić information content (AvgIpc) is 3.54. The van der Waals surface area contributed by atoms with Crippen molar-refractivity contribution in [3.63, 3.8) is 0 Å². The first-order valence-corrected chi connectivity index (χ1v) is 17.1. The lowest BCUT2D eigenvalue weighted by atomic mass is 9.49. The molecule has 0 amide bonds. The number of esters is 2. The number of carbonyl (C=O) groups is 3. The largest absolute Gasteiger partial charge is 0.459 e. The second kappa shape index (κ2) is 9.83. The van der Waals surface area contributed by atoms with E-state index in [1.165, 1.54) is 12.1 Å². The van der Waals surface area contributed by atoms with Crippen LogP contribution in [0.4, 0.5) is 0 Å². The summed E-state index contributed by atoms with van der Waals surface area (Å²) in [6.45, 7) is 7.37. The molecule has 1 aliphatic heterocycles. The fourth-order valence-electron chi connectivity index (χ4n) is 9.84. The van der Waals surface area contributed by atoms with Crippen molar-refractivity contribution in [2.24, 2.45) is 46.8 Å². The average molecular weight is 617 g/mol. The number of ether oxygens (including phenoxy) is 3. The SMILES string of the molecule is CC(C)c1cc(S(=O)(=O)O)cc(C(C)C)c1OC(=O)C1C2CC3C(OC(O)C31)C2OC(=O)C12CC3CC(C1)C(=O)C(C3)C2. The van der Waals surface area contributed by atoms with Crippen LogP contribution in [-0.2, 0) is 34.0 Å². The van der Waals surface area contributed by atoms with E-state index in [2.05, 4.69) is 0 Å². The van der Waals surface area contributed by atoms with Gasteiger partial charge in [0.05, 0.1) is 16.2 Å². The lowest BCUT2D eigenvalue weighted by Crippen LogP contribution is -2.56. The van der Waals surface area contributed by atoms with E-state index in [1.54, 1.807) is 0 Å². The topological polar surface area (TPSA) is 154 Å². The summed E-state index contributed by atoms with van der Waals surface area (Å²) in [5, 5.41) is 10.9. The summed E-state index contributed by atoms with van der Waals surface area (Å²) in [6.07, 6.45) is 1.64. The maximum Gasteiger partial charge on any atom is 0.315 e. The van der Waals surface area contributed by atoms with Crippen molar-refractivity contribution in [3.8, 4) is 5.75 Å². The van der Waals surface area contributed by atoms with Gasteiger partial charge < -0.3 is 19.3 Å². The van der Waals surface area contributed by atoms with E-state index in [4.69, 9.17) is 14.2 Å². The predicted molar refractivity (Wildman–Crippen MR) is 150 cm³/mol. The van der Waals surface area contributed by atoms with Crippen LogP contribution >= 0.6 is 0 Å². The first kappa shape index (κ1) is 29.4. The fraction of sp³-hybridized carbons (Fsp3) is 0.719. The fourth-order valence-corrected chi connectivity index (χ4v) is 10.4. The molecule has 43 heavy (non-hydrogen) atoms. The van der Waals surface area contributed by atoms with Gasteiger partial charge in [0.2, 0.25) is 0 Å². The van der Waals surface area contributed by atoms with Gasteiger partial charge in [0.25, 0.3) is 10.1 Å². The molecular formula is C32H40O10S. The Bertz CT molecular complexity index is 1450. The number of hydrogen-bond acceptors (Lipinski definition) is 9. The number of carbonyl (C=O) groups excluding carboxylic acids is 3. The van der Waals surface area contributed by atoms with Crippen LogP contribution in [0.25, 0.3) is 0 Å². The molecule has 1 aromatic carbocycles. The summed E-state index contributed by atoms with van der Waals surface area (Å²) in [6, 6.07) is 2.67. The molecule has 9 atom stereocenters. The van der Waals surface area contributed by atoms with Crippen molar-refractivity contribution in [2.75, 3.05) is 0 Å². The minimum Gasteiger partial charge on any atom is -0.459 e. The number of ketones is 1. The number of hydrogen-bond donors (Lipinski definition) is 2. The van der Waals surface area contributed by atoms with Gasteiger partial charge in [-0.05, 0) is 85.5 Å². The van der Waals surface area contributed by atoms with Gasteiger partial charge in [-0.1, -0.05) is 27.7 Å². The number of aliphatic hydroxyl groups excluding tert-OH is 1. The molecule has 1 heterocycles. The first-order valence-electron chi connectivity index (χ1n) is 15.6. The molecule has 1 saturated heterocycles. The third-order valence-corrected chi connectivity index (χ3v) is 12.3. The van der Waals surface area contributed by atoms with Crippen LogP contribution in [0.5, 0.6) is 5.75 Å². The van der Waals surface area contributed by atoms with Crippen molar-refractivity contribution >= 4 is 27.8 Å². The Morgan fingerprint density at radius 2 is 1.58 bits per heavy atom. The van der Waals surface area contributed by atoms with Crippen molar-refractivity contribution in [3.05, 3.63) is 23.3 Å². The Morgan fingerprint density at radius 3 is 2.14 bits per heavy atom. The summed E-state index contributed by atoms with van der Waals surface area (Å²) in [5.41, 5.74) is 0.262. The molecule has 6 aliphatic carbocycles. The molecule has 7 aliphatic rings. The van der Waals surface area contributed by atoms with Crippen LogP contribution in [-0.4, -0.2) is 54.3 Å². The highest BCUT2D eigenvalue weighted by molar-refractivity contribution is 7.85. The van der Waals surface area contributed by atoms with Gasteiger partial charge in [-0.15, -0.1) is 0 Å². The summed E-state index contributed by atoms with van der Waals surface area (Å²) in [4.78, 5) is 40.3. The number of benzene rings is 1. The zero-order valence-electron chi connectivity index (χ0n) is 24.9. The van der Waals surface area contributed by atoms with Crippen molar-refractivity contribution in [1.29, 1.82) is 0 Å². The number of Topliss-reactive ketones (excluding diaryl/α,β-unsaturated/α-hetero) is 1. The zero-order chi connectivity index (χ0) is 30.7.